The molecule has 0 saturated heterocycles. The second-order valence-corrected chi connectivity index (χ2v) is 3.89. The van der Waals surface area contributed by atoms with E-state index in [2.05, 4.69) is 0 Å². The van der Waals surface area contributed by atoms with Crippen molar-refractivity contribution in [2.45, 2.75) is 6.54 Å². The van der Waals surface area contributed by atoms with Crippen molar-refractivity contribution in [3.63, 3.8) is 0 Å². The lowest BCUT2D eigenvalue weighted by atomic mass is 10.2. The fourth-order valence-corrected chi connectivity index (χ4v) is 1.92. The van der Waals surface area contributed by atoms with Crippen LogP contribution in [0.25, 0.3) is 17.0 Å². The Balaban J connectivity index is 2.43. The van der Waals surface area contributed by atoms with Crippen LogP contribution in [0.3, 0.4) is 0 Å². The minimum Gasteiger partial charge on any atom is -0.383 e. The average molecular weight is 246 g/mol. The Morgan fingerprint density at radius 2 is 2.22 bits per heavy atom. The van der Waals surface area contributed by atoms with Gasteiger partial charge in [0.1, 0.15) is 0 Å². The zero-order valence-corrected chi connectivity index (χ0v) is 10.1. The van der Waals surface area contributed by atoms with Gasteiger partial charge in [0.2, 0.25) is 6.20 Å². The molecule has 5 heteroatoms. The number of aromatic nitrogens is 1. The number of para-hydroxylation sites is 1. The molecule has 5 nitrogen and oxygen atoms in total. The van der Waals surface area contributed by atoms with E-state index in [1.807, 2.05) is 35.0 Å². The highest BCUT2D eigenvalue weighted by Gasteiger charge is 2.06. The van der Waals surface area contributed by atoms with E-state index in [1.165, 1.54) is 6.08 Å². The maximum Gasteiger partial charge on any atom is 0.235 e. The fourth-order valence-electron chi connectivity index (χ4n) is 1.92. The fraction of sp³-hybridized carbons (Fsp3) is 0.231. The molecule has 0 aliphatic rings. The van der Waals surface area contributed by atoms with Gasteiger partial charge in [0, 0.05) is 42.4 Å². The molecule has 0 radical (unpaired) electrons. The molecular weight excluding hydrogens is 232 g/mol. The SMILES string of the molecule is COCCn1cc(/C=C/[N+](=O)[O-])c2ccccc21. The summed E-state index contributed by atoms with van der Waals surface area (Å²) in [6, 6.07) is 7.83. The second kappa shape index (κ2) is 5.46. The number of methoxy groups -OCH3 is 1. The van der Waals surface area contributed by atoms with Gasteiger partial charge in [0.15, 0.2) is 0 Å². The van der Waals surface area contributed by atoms with Gasteiger partial charge in [-0.25, -0.2) is 0 Å². The van der Waals surface area contributed by atoms with E-state index >= 15 is 0 Å². The Bertz CT molecular complexity index is 587. The standard InChI is InChI=1S/C13H14N2O3/c1-18-9-8-14-10-11(6-7-15(16)17)12-4-2-3-5-13(12)14/h2-7,10H,8-9H2,1H3/b7-6+. The van der Waals surface area contributed by atoms with Crippen LogP contribution >= 0.6 is 0 Å². The van der Waals surface area contributed by atoms with Gasteiger partial charge in [0.25, 0.3) is 0 Å². The van der Waals surface area contributed by atoms with Crippen molar-refractivity contribution in [3.8, 4) is 0 Å². The van der Waals surface area contributed by atoms with E-state index in [9.17, 15) is 10.1 Å². The summed E-state index contributed by atoms with van der Waals surface area (Å²) in [5.41, 5.74) is 1.90. The Kier molecular flexibility index (Phi) is 3.74. The van der Waals surface area contributed by atoms with E-state index in [0.29, 0.717) is 6.61 Å². The van der Waals surface area contributed by atoms with Gasteiger partial charge in [-0.05, 0) is 6.07 Å². The van der Waals surface area contributed by atoms with Crippen molar-refractivity contribution in [2.75, 3.05) is 13.7 Å². The number of ether oxygens (including phenoxy) is 1. The number of rotatable bonds is 5. The third-order valence-corrected chi connectivity index (χ3v) is 2.73. The quantitative estimate of drug-likeness (QED) is 0.601. The number of fused-ring (bicyclic) bond motifs is 1. The molecule has 0 unspecified atom stereocenters. The number of hydrogen-bond donors (Lipinski definition) is 0. The normalized spacial score (nSPS) is 11.4. The number of hydrogen-bond acceptors (Lipinski definition) is 3. The molecular formula is C13H14N2O3. The van der Waals surface area contributed by atoms with Crippen LogP contribution in [0, 0.1) is 10.1 Å². The van der Waals surface area contributed by atoms with Crippen LogP contribution in [-0.2, 0) is 11.3 Å². The van der Waals surface area contributed by atoms with Crippen LogP contribution in [-0.4, -0.2) is 23.2 Å². The van der Waals surface area contributed by atoms with Gasteiger partial charge in [-0.1, -0.05) is 18.2 Å². The lowest BCUT2D eigenvalue weighted by molar-refractivity contribution is -0.400. The highest BCUT2D eigenvalue weighted by Crippen LogP contribution is 2.22. The van der Waals surface area contributed by atoms with Gasteiger partial charge >= 0.3 is 0 Å². The van der Waals surface area contributed by atoms with E-state index in [1.54, 1.807) is 7.11 Å². The molecule has 1 heterocycles. The first kappa shape index (κ1) is 12.3. The van der Waals surface area contributed by atoms with Gasteiger partial charge in [-0.15, -0.1) is 0 Å². The molecule has 18 heavy (non-hydrogen) atoms. The van der Waals surface area contributed by atoms with Crippen molar-refractivity contribution in [1.29, 1.82) is 0 Å². The molecule has 0 bridgehead atoms. The summed E-state index contributed by atoms with van der Waals surface area (Å²) >= 11 is 0. The molecule has 0 spiro atoms. The van der Waals surface area contributed by atoms with E-state index < -0.39 is 4.92 Å². The molecule has 0 aliphatic heterocycles. The van der Waals surface area contributed by atoms with Crippen molar-refractivity contribution in [3.05, 3.63) is 52.3 Å². The topological polar surface area (TPSA) is 57.3 Å². The molecule has 94 valence electrons. The summed E-state index contributed by atoms with van der Waals surface area (Å²) in [7, 11) is 1.65. The van der Waals surface area contributed by atoms with Gasteiger partial charge < -0.3 is 9.30 Å². The minimum absolute atomic E-state index is 0.457. The first-order valence-electron chi connectivity index (χ1n) is 5.61. The summed E-state index contributed by atoms with van der Waals surface area (Å²) in [4.78, 5) is 9.92. The molecule has 1 aromatic carbocycles. The zero-order chi connectivity index (χ0) is 13.0. The molecule has 0 atom stereocenters. The molecule has 0 amide bonds. The third-order valence-electron chi connectivity index (χ3n) is 2.73. The smallest absolute Gasteiger partial charge is 0.235 e. The first-order valence-corrected chi connectivity index (χ1v) is 5.61. The Morgan fingerprint density at radius 1 is 1.44 bits per heavy atom. The largest absolute Gasteiger partial charge is 0.383 e. The summed E-state index contributed by atoms with van der Waals surface area (Å²) in [5, 5.41) is 11.4. The lowest BCUT2D eigenvalue weighted by Gasteiger charge is -2.03. The van der Waals surface area contributed by atoms with Crippen molar-refractivity contribution in [2.24, 2.45) is 0 Å². The van der Waals surface area contributed by atoms with Crippen LogP contribution in [0.15, 0.2) is 36.7 Å². The van der Waals surface area contributed by atoms with Gasteiger partial charge in [-0.3, -0.25) is 10.1 Å². The molecule has 0 fully saturated rings. The maximum atomic E-state index is 10.4. The highest BCUT2D eigenvalue weighted by molar-refractivity contribution is 5.89. The van der Waals surface area contributed by atoms with Gasteiger partial charge in [-0.2, -0.15) is 0 Å². The minimum atomic E-state index is -0.457. The summed E-state index contributed by atoms with van der Waals surface area (Å²) in [5.74, 6) is 0. The molecule has 0 N–H and O–H groups in total. The summed E-state index contributed by atoms with van der Waals surface area (Å²) in [6.45, 7) is 1.33. The highest BCUT2D eigenvalue weighted by atomic mass is 16.6. The zero-order valence-electron chi connectivity index (χ0n) is 10.1. The second-order valence-electron chi connectivity index (χ2n) is 3.89. The molecule has 0 saturated carbocycles. The number of nitrogens with zero attached hydrogens (tertiary/aromatic N) is 2. The van der Waals surface area contributed by atoms with Crippen LogP contribution in [0.2, 0.25) is 0 Å². The molecule has 2 aromatic rings. The van der Waals surface area contributed by atoms with Crippen molar-refractivity contribution in [1.82, 2.24) is 4.57 Å². The molecule has 1 aromatic heterocycles. The maximum absolute atomic E-state index is 10.4. The van der Waals surface area contributed by atoms with E-state index in [-0.39, 0.29) is 0 Å². The predicted molar refractivity (Wildman–Crippen MR) is 69.8 cm³/mol. The average Bonchev–Trinajstić information content (AvgIpc) is 2.72. The van der Waals surface area contributed by atoms with Crippen molar-refractivity contribution >= 4 is 17.0 Å². The monoisotopic (exact) mass is 246 g/mol. The van der Waals surface area contributed by atoms with Crippen molar-refractivity contribution < 1.29 is 9.66 Å². The van der Waals surface area contributed by atoms with Crippen LogP contribution in [0.4, 0.5) is 0 Å². The first-order chi connectivity index (χ1) is 8.72. The third kappa shape index (κ3) is 2.57. The van der Waals surface area contributed by atoms with Crippen LogP contribution in [0.5, 0.6) is 0 Å². The van der Waals surface area contributed by atoms with E-state index in [0.717, 1.165) is 29.2 Å². The number of nitro groups is 1. The van der Waals surface area contributed by atoms with Crippen LogP contribution in [0.1, 0.15) is 5.56 Å². The Labute approximate surface area is 104 Å². The molecule has 2 rings (SSSR count). The summed E-state index contributed by atoms with van der Waals surface area (Å²) < 4.78 is 7.10. The molecule has 0 aliphatic carbocycles. The number of benzene rings is 1. The Morgan fingerprint density at radius 3 is 2.94 bits per heavy atom. The predicted octanol–water partition coefficient (Wildman–Crippen LogP) is 2.54. The lowest BCUT2D eigenvalue weighted by Crippen LogP contribution is -2.02. The van der Waals surface area contributed by atoms with Gasteiger partial charge in [0.05, 0.1) is 11.5 Å². The Hall–Kier alpha value is -2.14. The van der Waals surface area contributed by atoms with Crippen LogP contribution < -0.4 is 0 Å². The van der Waals surface area contributed by atoms with E-state index in [4.69, 9.17) is 4.74 Å². The summed E-state index contributed by atoms with van der Waals surface area (Å²) in [6.07, 6.45) is 4.39.